The lowest BCUT2D eigenvalue weighted by atomic mass is 10.0. The Morgan fingerprint density at radius 1 is 1.12 bits per heavy atom. The van der Waals surface area contributed by atoms with Crippen LogP contribution < -0.4 is 4.72 Å². The van der Waals surface area contributed by atoms with E-state index in [0.29, 0.717) is 12.5 Å². The van der Waals surface area contributed by atoms with Crippen LogP contribution in [0, 0.1) is 0 Å². The van der Waals surface area contributed by atoms with Crippen molar-refractivity contribution in [3.05, 3.63) is 47.7 Å². The standard InChI is InChI=1S/C17H21N3O3S/c1-12(2)13-3-5-15(6-4-13)24(21,22)20-17-8-7-16(18-19-17)14-9-10-23-11-14/h3-8,12,14H,9-11H2,1-2H3,(H,19,20). The van der Waals surface area contributed by atoms with Gasteiger partial charge in [0.1, 0.15) is 0 Å². The van der Waals surface area contributed by atoms with Gasteiger partial charge in [-0.25, -0.2) is 8.42 Å². The predicted octanol–water partition coefficient (Wildman–Crippen LogP) is 2.90. The summed E-state index contributed by atoms with van der Waals surface area (Å²) in [5.74, 6) is 0.810. The fourth-order valence-corrected chi connectivity index (χ4v) is 3.61. The number of benzene rings is 1. The van der Waals surface area contributed by atoms with Crippen LogP contribution in [0.15, 0.2) is 41.3 Å². The molecule has 0 amide bonds. The van der Waals surface area contributed by atoms with E-state index in [2.05, 4.69) is 28.8 Å². The number of nitrogens with zero attached hydrogens (tertiary/aromatic N) is 2. The first kappa shape index (κ1) is 16.9. The Labute approximate surface area is 142 Å². The second-order valence-corrected chi connectivity index (χ2v) is 7.92. The lowest BCUT2D eigenvalue weighted by Crippen LogP contribution is -2.15. The summed E-state index contributed by atoms with van der Waals surface area (Å²) in [6.45, 7) is 5.50. The summed E-state index contributed by atoms with van der Waals surface area (Å²) in [4.78, 5) is 0.210. The van der Waals surface area contributed by atoms with Crippen molar-refractivity contribution in [1.82, 2.24) is 10.2 Å². The van der Waals surface area contributed by atoms with E-state index in [9.17, 15) is 8.42 Å². The van der Waals surface area contributed by atoms with Crippen molar-refractivity contribution in [1.29, 1.82) is 0 Å². The number of ether oxygens (including phenoxy) is 1. The maximum absolute atomic E-state index is 12.4. The lowest BCUT2D eigenvalue weighted by Gasteiger charge is -2.10. The van der Waals surface area contributed by atoms with E-state index in [4.69, 9.17) is 4.74 Å². The van der Waals surface area contributed by atoms with Crippen LogP contribution in [0.25, 0.3) is 0 Å². The first-order chi connectivity index (χ1) is 11.5. The van der Waals surface area contributed by atoms with Crippen LogP contribution in [0.4, 0.5) is 5.82 Å². The van der Waals surface area contributed by atoms with E-state index < -0.39 is 10.0 Å². The predicted molar refractivity (Wildman–Crippen MR) is 91.5 cm³/mol. The summed E-state index contributed by atoms with van der Waals surface area (Å²) in [7, 11) is -3.66. The summed E-state index contributed by atoms with van der Waals surface area (Å²) in [6, 6.07) is 10.3. The van der Waals surface area contributed by atoms with E-state index in [1.54, 1.807) is 24.3 Å². The number of hydrogen-bond acceptors (Lipinski definition) is 5. The minimum atomic E-state index is -3.66. The van der Waals surface area contributed by atoms with Gasteiger partial charge < -0.3 is 4.74 Å². The topological polar surface area (TPSA) is 81.2 Å². The molecular formula is C17H21N3O3S. The van der Waals surface area contributed by atoms with Crippen molar-refractivity contribution >= 4 is 15.8 Å². The Bertz CT molecular complexity index is 781. The number of nitrogens with one attached hydrogen (secondary N) is 1. The molecule has 0 bridgehead atoms. The van der Waals surface area contributed by atoms with Gasteiger partial charge in [0.05, 0.1) is 17.2 Å². The monoisotopic (exact) mass is 347 g/mol. The number of hydrogen-bond donors (Lipinski definition) is 1. The number of aromatic nitrogens is 2. The van der Waals surface area contributed by atoms with Crippen molar-refractivity contribution < 1.29 is 13.2 Å². The minimum absolute atomic E-state index is 0.210. The zero-order valence-electron chi connectivity index (χ0n) is 13.8. The molecule has 1 aromatic heterocycles. The molecule has 0 aliphatic carbocycles. The Morgan fingerprint density at radius 3 is 2.42 bits per heavy atom. The van der Waals surface area contributed by atoms with Gasteiger partial charge in [-0.05, 0) is 42.2 Å². The molecule has 1 aliphatic rings. The third-order valence-corrected chi connectivity index (χ3v) is 5.50. The molecule has 0 radical (unpaired) electrons. The maximum Gasteiger partial charge on any atom is 0.263 e. The molecule has 1 aromatic carbocycles. The summed E-state index contributed by atoms with van der Waals surface area (Å²) < 4.78 is 32.6. The van der Waals surface area contributed by atoms with Crippen LogP contribution in [0.3, 0.4) is 0 Å². The molecule has 0 saturated carbocycles. The van der Waals surface area contributed by atoms with E-state index in [0.717, 1.165) is 24.3 Å². The van der Waals surface area contributed by atoms with Crippen molar-refractivity contribution in [2.45, 2.75) is 37.0 Å². The second kappa shape index (κ2) is 6.86. The molecule has 1 saturated heterocycles. The molecule has 1 atom stereocenters. The zero-order valence-corrected chi connectivity index (χ0v) is 14.6. The van der Waals surface area contributed by atoms with Gasteiger partial charge in [0.2, 0.25) is 0 Å². The number of anilines is 1. The minimum Gasteiger partial charge on any atom is -0.381 e. The first-order valence-corrected chi connectivity index (χ1v) is 9.48. The van der Waals surface area contributed by atoms with E-state index in [1.165, 1.54) is 0 Å². The largest absolute Gasteiger partial charge is 0.381 e. The van der Waals surface area contributed by atoms with E-state index in [-0.39, 0.29) is 16.6 Å². The Balaban J connectivity index is 1.73. The molecular weight excluding hydrogens is 326 g/mol. The molecule has 1 fully saturated rings. The number of sulfonamides is 1. The third kappa shape index (κ3) is 3.73. The second-order valence-electron chi connectivity index (χ2n) is 6.23. The van der Waals surface area contributed by atoms with Crippen LogP contribution in [0.1, 0.15) is 43.4 Å². The summed E-state index contributed by atoms with van der Waals surface area (Å²) in [6.07, 6.45) is 0.919. The summed E-state index contributed by atoms with van der Waals surface area (Å²) in [5.41, 5.74) is 1.92. The van der Waals surface area contributed by atoms with Gasteiger partial charge in [-0.3, -0.25) is 4.72 Å². The highest BCUT2D eigenvalue weighted by Gasteiger charge is 2.20. The fourth-order valence-electron chi connectivity index (χ4n) is 2.61. The van der Waals surface area contributed by atoms with Crippen molar-refractivity contribution in [2.24, 2.45) is 0 Å². The van der Waals surface area contributed by atoms with Crippen LogP contribution in [0.2, 0.25) is 0 Å². The van der Waals surface area contributed by atoms with E-state index in [1.807, 2.05) is 12.1 Å². The van der Waals surface area contributed by atoms with Gasteiger partial charge in [0, 0.05) is 12.5 Å². The van der Waals surface area contributed by atoms with Gasteiger partial charge in [-0.15, -0.1) is 5.10 Å². The Kier molecular flexibility index (Phi) is 4.82. The van der Waals surface area contributed by atoms with Crippen molar-refractivity contribution in [2.75, 3.05) is 17.9 Å². The van der Waals surface area contributed by atoms with Crippen LogP contribution >= 0.6 is 0 Å². The lowest BCUT2D eigenvalue weighted by molar-refractivity contribution is 0.193. The molecule has 0 spiro atoms. The SMILES string of the molecule is CC(C)c1ccc(S(=O)(=O)Nc2ccc(C3CCOC3)nn2)cc1. The highest BCUT2D eigenvalue weighted by Crippen LogP contribution is 2.24. The third-order valence-electron chi connectivity index (χ3n) is 4.13. The average Bonchev–Trinajstić information content (AvgIpc) is 3.10. The van der Waals surface area contributed by atoms with Crippen molar-refractivity contribution in [3.63, 3.8) is 0 Å². The summed E-state index contributed by atoms with van der Waals surface area (Å²) >= 11 is 0. The van der Waals surface area contributed by atoms with Crippen LogP contribution in [-0.2, 0) is 14.8 Å². The first-order valence-electron chi connectivity index (χ1n) is 8.00. The smallest absolute Gasteiger partial charge is 0.263 e. The van der Waals surface area contributed by atoms with Gasteiger partial charge in [0.15, 0.2) is 5.82 Å². The summed E-state index contributed by atoms with van der Waals surface area (Å²) in [5, 5.41) is 8.10. The van der Waals surface area contributed by atoms with E-state index >= 15 is 0 Å². The number of rotatable bonds is 5. The molecule has 1 N–H and O–H groups in total. The Hall–Kier alpha value is -1.99. The zero-order chi connectivity index (χ0) is 17.2. The quantitative estimate of drug-likeness (QED) is 0.899. The molecule has 6 nitrogen and oxygen atoms in total. The molecule has 2 heterocycles. The molecule has 24 heavy (non-hydrogen) atoms. The molecule has 1 aliphatic heterocycles. The van der Waals surface area contributed by atoms with Gasteiger partial charge in [0.25, 0.3) is 10.0 Å². The van der Waals surface area contributed by atoms with Crippen molar-refractivity contribution in [3.8, 4) is 0 Å². The molecule has 128 valence electrons. The molecule has 3 rings (SSSR count). The van der Waals surface area contributed by atoms with Gasteiger partial charge in [-0.1, -0.05) is 26.0 Å². The Morgan fingerprint density at radius 2 is 1.88 bits per heavy atom. The highest BCUT2D eigenvalue weighted by atomic mass is 32.2. The molecule has 1 unspecified atom stereocenters. The van der Waals surface area contributed by atoms with Crippen LogP contribution in [0.5, 0.6) is 0 Å². The fraction of sp³-hybridized carbons (Fsp3) is 0.412. The molecule has 7 heteroatoms. The average molecular weight is 347 g/mol. The van der Waals surface area contributed by atoms with Gasteiger partial charge >= 0.3 is 0 Å². The van der Waals surface area contributed by atoms with Crippen LogP contribution in [-0.4, -0.2) is 31.8 Å². The highest BCUT2D eigenvalue weighted by molar-refractivity contribution is 7.92. The maximum atomic E-state index is 12.4. The normalized spacial score (nSPS) is 18.0. The van der Waals surface area contributed by atoms with Gasteiger partial charge in [-0.2, -0.15) is 5.10 Å². The molecule has 2 aromatic rings.